The van der Waals surface area contributed by atoms with Crippen LogP contribution in [0.2, 0.25) is 5.28 Å². The number of nitrogen functional groups attached to an aromatic ring is 1. The van der Waals surface area contributed by atoms with Crippen LogP contribution in [0.3, 0.4) is 0 Å². The Labute approximate surface area is 233 Å². The summed E-state index contributed by atoms with van der Waals surface area (Å²) in [7, 11) is 0. The third kappa shape index (κ3) is 4.80. The Kier molecular flexibility index (Phi) is 6.74. The minimum Gasteiger partial charge on any atom is -0.382 e. The number of benzene rings is 1. The molecular weight excluding hydrogens is 532 g/mol. The van der Waals surface area contributed by atoms with Crippen LogP contribution in [0.4, 0.5) is 11.6 Å². The van der Waals surface area contributed by atoms with Crippen molar-refractivity contribution in [2.45, 2.75) is 25.3 Å². The Morgan fingerprint density at radius 3 is 2.62 bits per heavy atom. The third-order valence-electron chi connectivity index (χ3n) is 6.75. The number of nitrogens with two attached hydrogens (primary N) is 1. The molecule has 40 heavy (non-hydrogen) atoms. The summed E-state index contributed by atoms with van der Waals surface area (Å²) >= 11 is 5.96. The topological polar surface area (TPSA) is 157 Å². The molecule has 1 atom stereocenters. The summed E-state index contributed by atoms with van der Waals surface area (Å²) in [5.41, 5.74) is 8.98. The van der Waals surface area contributed by atoms with Gasteiger partial charge in [-0.1, -0.05) is 12.1 Å². The van der Waals surface area contributed by atoms with Crippen LogP contribution < -0.4 is 11.1 Å². The van der Waals surface area contributed by atoms with E-state index in [1.807, 2.05) is 4.40 Å². The lowest BCUT2D eigenvalue weighted by atomic mass is 10.0. The number of rotatable bonds is 5. The fraction of sp³-hybridized carbons (Fsp3) is 0.185. The minimum absolute atomic E-state index is 0.0145. The Hall–Kier alpha value is -4.97. The van der Waals surface area contributed by atoms with Crippen LogP contribution in [0.25, 0.3) is 16.8 Å². The second-order valence-electron chi connectivity index (χ2n) is 9.21. The van der Waals surface area contributed by atoms with Crippen molar-refractivity contribution >= 4 is 40.6 Å². The number of carbonyl (C=O) groups is 2. The van der Waals surface area contributed by atoms with Gasteiger partial charge in [-0.15, -0.1) is 5.10 Å². The summed E-state index contributed by atoms with van der Waals surface area (Å²) in [4.78, 5) is 45.3. The first-order valence-electron chi connectivity index (χ1n) is 12.6. The van der Waals surface area contributed by atoms with Crippen LogP contribution in [-0.4, -0.2) is 57.8 Å². The molecule has 4 aromatic heterocycles. The molecule has 200 valence electrons. The van der Waals surface area contributed by atoms with Crippen molar-refractivity contribution in [3.63, 3.8) is 0 Å². The Bertz CT molecular complexity index is 1710. The van der Waals surface area contributed by atoms with Crippen molar-refractivity contribution in [2.75, 3.05) is 17.6 Å². The van der Waals surface area contributed by atoms with Gasteiger partial charge in [0.1, 0.15) is 28.5 Å². The molecule has 0 saturated carbocycles. The zero-order valence-electron chi connectivity index (χ0n) is 21.1. The van der Waals surface area contributed by atoms with E-state index in [2.05, 4.69) is 30.5 Å². The van der Waals surface area contributed by atoms with Gasteiger partial charge in [0.05, 0.1) is 6.04 Å². The minimum atomic E-state index is -0.324. The smallest absolute Gasteiger partial charge is 0.273 e. The fourth-order valence-electron chi connectivity index (χ4n) is 4.90. The largest absolute Gasteiger partial charge is 0.382 e. The fourth-order valence-corrected chi connectivity index (χ4v) is 5.05. The maximum absolute atomic E-state index is 13.5. The molecule has 12 nitrogen and oxygen atoms in total. The second kappa shape index (κ2) is 10.7. The standard InChI is InChI=1S/C27H23ClN10O2/c28-27-31-12-10-18(33-27)26(40)37-14-2-1-4-19(37)24-35-21(22-23(29)30-13-15-38(22)24)16-6-8-17(9-7-16)25(39)34-20-5-3-11-32-36-20/h3,5-13,15,19H,1-2,4,14H2,(H2,29,30)(H,34,36,39)/t19-/m0/s1. The number of hydrogen-bond acceptors (Lipinski definition) is 9. The number of nitrogens with zero attached hydrogens (tertiary/aromatic N) is 8. The number of fused-ring (bicyclic) bond motifs is 1. The average Bonchev–Trinajstić information content (AvgIpc) is 3.38. The van der Waals surface area contributed by atoms with Crippen molar-refractivity contribution in [1.82, 2.24) is 39.4 Å². The van der Waals surface area contributed by atoms with E-state index < -0.39 is 0 Å². The Balaban J connectivity index is 1.36. The molecule has 1 saturated heterocycles. The predicted octanol–water partition coefficient (Wildman–Crippen LogP) is 3.83. The van der Waals surface area contributed by atoms with E-state index in [4.69, 9.17) is 22.3 Å². The summed E-state index contributed by atoms with van der Waals surface area (Å²) in [6, 6.07) is 11.6. The Morgan fingerprint density at radius 2 is 1.85 bits per heavy atom. The molecule has 0 unspecified atom stereocenters. The summed E-state index contributed by atoms with van der Waals surface area (Å²) in [5, 5.41) is 10.4. The number of anilines is 2. The number of hydrogen-bond donors (Lipinski definition) is 2. The monoisotopic (exact) mass is 554 g/mol. The van der Waals surface area contributed by atoms with Gasteiger partial charge in [0, 0.05) is 42.5 Å². The van der Waals surface area contributed by atoms with Crippen LogP contribution >= 0.6 is 11.6 Å². The lowest BCUT2D eigenvalue weighted by Crippen LogP contribution is -2.39. The van der Waals surface area contributed by atoms with E-state index in [0.717, 1.165) is 18.4 Å². The lowest BCUT2D eigenvalue weighted by molar-refractivity contribution is 0.0593. The third-order valence-corrected chi connectivity index (χ3v) is 6.93. The molecule has 0 spiro atoms. The first kappa shape index (κ1) is 25.3. The lowest BCUT2D eigenvalue weighted by Gasteiger charge is -2.34. The summed E-state index contributed by atoms with van der Waals surface area (Å²) < 4.78 is 1.88. The number of halogens is 1. The van der Waals surface area contributed by atoms with E-state index >= 15 is 0 Å². The quantitative estimate of drug-likeness (QED) is 0.308. The van der Waals surface area contributed by atoms with Gasteiger partial charge in [-0.3, -0.25) is 14.0 Å². The molecule has 13 heteroatoms. The Morgan fingerprint density at radius 1 is 1.00 bits per heavy atom. The molecule has 0 bridgehead atoms. The molecule has 0 aliphatic carbocycles. The normalized spacial score (nSPS) is 15.2. The average molecular weight is 555 g/mol. The number of amides is 2. The van der Waals surface area contributed by atoms with Gasteiger partial charge in [0.2, 0.25) is 5.28 Å². The van der Waals surface area contributed by atoms with Gasteiger partial charge >= 0.3 is 0 Å². The highest BCUT2D eigenvalue weighted by Gasteiger charge is 2.33. The molecule has 0 radical (unpaired) electrons. The number of piperidine rings is 1. The van der Waals surface area contributed by atoms with Gasteiger partial charge in [-0.25, -0.2) is 19.9 Å². The van der Waals surface area contributed by atoms with Crippen LogP contribution in [0, 0.1) is 0 Å². The van der Waals surface area contributed by atoms with Crippen LogP contribution in [-0.2, 0) is 0 Å². The van der Waals surface area contributed by atoms with E-state index in [1.165, 1.54) is 12.4 Å². The van der Waals surface area contributed by atoms with Crippen molar-refractivity contribution in [3.8, 4) is 11.3 Å². The summed E-state index contributed by atoms with van der Waals surface area (Å²) in [6.45, 7) is 0.547. The second-order valence-corrected chi connectivity index (χ2v) is 9.55. The maximum atomic E-state index is 13.5. The summed E-state index contributed by atoms with van der Waals surface area (Å²) in [5.74, 6) is 0.766. The van der Waals surface area contributed by atoms with Crippen molar-refractivity contribution in [3.05, 3.63) is 89.6 Å². The van der Waals surface area contributed by atoms with Crippen LogP contribution in [0.5, 0.6) is 0 Å². The van der Waals surface area contributed by atoms with Gasteiger partial charge < -0.3 is 16.0 Å². The van der Waals surface area contributed by atoms with E-state index in [-0.39, 0.29) is 28.8 Å². The number of carbonyl (C=O) groups excluding carboxylic acids is 2. The molecule has 2 amide bonds. The maximum Gasteiger partial charge on any atom is 0.273 e. The molecule has 3 N–H and O–H groups in total. The molecule has 6 rings (SSSR count). The summed E-state index contributed by atoms with van der Waals surface area (Å²) in [6.07, 6.45) is 8.90. The first-order valence-corrected chi connectivity index (χ1v) is 13.0. The van der Waals surface area contributed by atoms with Gasteiger partial charge in [0.25, 0.3) is 11.8 Å². The van der Waals surface area contributed by atoms with E-state index in [1.54, 1.807) is 59.8 Å². The van der Waals surface area contributed by atoms with E-state index in [9.17, 15) is 9.59 Å². The number of likely N-dealkylation sites (tertiary alicyclic amines) is 1. The molecule has 1 aromatic carbocycles. The molecule has 1 fully saturated rings. The molecular formula is C27H23ClN10O2. The van der Waals surface area contributed by atoms with Gasteiger partial charge in [-0.2, -0.15) is 5.10 Å². The first-order chi connectivity index (χ1) is 19.5. The molecule has 5 heterocycles. The van der Waals surface area contributed by atoms with Gasteiger partial charge in [-0.05, 0) is 61.2 Å². The van der Waals surface area contributed by atoms with Crippen LogP contribution in [0.1, 0.15) is 52.0 Å². The SMILES string of the molecule is Nc1nccn2c([C@@H]3CCCCN3C(=O)c3ccnc(Cl)n3)nc(-c3ccc(C(=O)Nc4cccnn4)cc3)c12. The van der Waals surface area contributed by atoms with Crippen LogP contribution in [0.15, 0.2) is 67.3 Å². The highest BCUT2D eigenvalue weighted by Crippen LogP contribution is 2.36. The number of aromatic nitrogens is 7. The van der Waals surface area contributed by atoms with Crippen molar-refractivity contribution in [2.24, 2.45) is 0 Å². The molecule has 1 aliphatic rings. The van der Waals surface area contributed by atoms with Gasteiger partial charge in [0.15, 0.2) is 5.82 Å². The highest BCUT2D eigenvalue weighted by molar-refractivity contribution is 6.28. The number of nitrogens with one attached hydrogen (secondary N) is 1. The predicted molar refractivity (Wildman–Crippen MR) is 147 cm³/mol. The highest BCUT2D eigenvalue weighted by atomic mass is 35.5. The van der Waals surface area contributed by atoms with E-state index in [0.29, 0.717) is 47.2 Å². The zero-order valence-corrected chi connectivity index (χ0v) is 21.9. The zero-order chi connectivity index (χ0) is 27.6. The number of imidazole rings is 1. The molecule has 5 aromatic rings. The molecule has 1 aliphatic heterocycles. The van der Waals surface area contributed by atoms with Crippen molar-refractivity contribution in [1.29, 1.82) is 0 Å². The van der Waals surface area contributed by atoms with Crippen molar-refractivity contribution < 1.29 is 9.59 Å².